The van der Waals surface area contributed by atoms with Gasteiger partial charge in [0.05, 0.1) is 17.5 Å². The first-order valence-corrected chi connectivity index (χ1v) is 14.7. The summed E-state index contributed by atoms with van der Waals surface area (Å²) in [5.41, 5.74) is 2.35. The van der Waals surface area contributed by atoms with E-state index in [1.807, 2.05) is 24.3 Å². The summed E-state index contributed by atoms with van der Waals surface area (Å²) in [6.07, 6.45) is 4.78. The molecular formula is C33H34N4O5. The van der Waals surface area contributed by atoms with Crippen LogP contribution in [0.3, 0.4) is 0 Å². The lowest BCUT2D eigenvalue weighted by atomic mass is 9.82. The van der Waals surface area contributed by atoms with Crippen molar-refractivity contribution in [3.8, 4) is 0 Å². The quantitative estimate of drug-likeness (QED) is 0.356. The lowest BCUT2D eigenvalue weighted by Gasteiger charge is -2.29. The van der Waals surface area contributed by atoms with Crippen molar-refractivity contribution in [1.82, 2.24) is 15.5 Å². The van der Waals surface area contributed by atoms with Gasteiger partial charge in [-0.25, -0.2) is 0 Å². The van der Waals surface area contributed by atoms with Gasteiger partial charge in [0.25, 0.3) is 11.8 Å². The van der Waals surface area contributed by atoms with E-state index < -0.39 is 29.7 Å². The van der Waals surface area contributed by atoms with Gasteiger partial charge < -0.3 is 10.6 Å². The highest BCUT2D eigenvalue weighted by molar-refractivity contribution is 6.23. The van der Waals surface area contributed by atoms with E-state index in [2.05, 4.69) is 34.1 Å². The minimum absolute atomic E-state index is 0.0518. The molecule has 3 aromatic carbocycles. The number of amides is 5. The lowest BCUT2D eigenvalue weighted by Crippen LogP contribution is -2.54. The van der Waals surface area contributed by atoms with Gasteiger partial charge in [-0.15, -0.1) is 0 Å². The number of fused-ring (bicyclic) bond motifs is 2. The predicted molar refractivity (Wildman–Crippen MR) is 158 cm³/mol. The van der Waals surface area contributed by atoms with Gasteiger partial charge in [0.15, 0.2) is 0 Å². The number of nitrogens with one attached hydrogen (secondary N) is 3. The zero-order valence-electron chi connectivity index (χ0n) is 23.4. The van der Waals surface area contributed by atoms with Gasteiger partial charge in [-0.1, -0.05) is 42.5 Å². The highest BCUT2D eigenvalue weighted by Gasteiger charge is 2.44. The molecule has 0 bridgehead atoms. The van der Waals surface area contributed by atoms with E-state index in [0.29, 0.717) is 24.8 Å². The first-order valence-electron chi connectivity index (χ1n) is 14.7. The van der Waals surface area contributed by atoms with Crippen LogP contribution in [0.5, 0.6) is 0 Å². The first kappa shape index (κ1) is 27.6. The van der Waals surface area contributed by atoms with Gasteiger partial charge in [0.2, 0.25) is 17.7 Å². The number of piperidine rings is 1. The number of imide groups is 2. The summed E-state index contributed by atoms with van der Waals surface area (Å²) in [5, 5.41) is 11.0. The molecule has 9 nitrogen and oxygen atoms in total. The first-order chi connectivity index (χ1) is 20.4. The monoisotopic (exact) mass is 566 g/mol. The third-order valence-corrected chi connectivity index (χ3v) is 8.82. The molecule has 2 aliphatic heterocycles. The number of hydrogen-bond donors (Lipinski definition) is 3. The normalized spacial score (nSPS) is 22.2. The molecule has 1 aliphatic carbocycles. The molecule has 3 N–H and O–H groups in total. The van der Waals surface area contributed by atoms with E-state index >= 15 is 0 Å². The molecule has 6 rings (SSSR count). The van der Waals surface area contributed by atoms with Crippen LogP contribution in [-0.4, -0.2) is 53.6 Å². The van der Waals surface area contributed by atoms with Crippen molar-refractivity contribution in [1.29, 1.82) is 0 Å². The number of rotatable bonds is 8. The minimum atomic E-state index is -0.968. The van der Waals surface area contributed by atoms with E-state index in [0.717, 1.165) is 59.2 Å². The van der Waals surface area contributed by atoms with Crippen LogP contribution in [0.4, 0.5) is 5.69 Å². The third kappa shape index (κ3) is 5.64. The molecule has 3 aliphatic rings. The molecule has 3 aromatic rings. The van der Waals surface area contributed by atoms with Gasteiger partial charge in [-0.3, -0.25) is 34.2 Å². The van der Waals surface area contributed by atoms with Crippen molar-refractivity contribution in [3.63, 3.8) is 0 Å². The number of nitrogens with zero attached hydrogens (tertiary/aromatic N) is 1. The third-order valence-electron chi connectivity index (χ3n) is 8.82. The van der Waals surface area contributed by atoms with E-state index in [4.69, 9.17) is 0 Å². The van der Waals surface area contributed by atoms with Crippen LogP contribution in [0, 0.1) is 11.8 Å². The molecule has 2 heterocycles. The Morgan fingerprint density at radius 1 is 0.810 bits per heavy atom. The Kier molecular flexibility index (Phi) is 7.73. The largest absolute Gasteiger partial charge is 0.385 e. The average Bonchev–Trinajstić information content (AvgIpc) is 3.24. The summed E-state index contributed by atoms with van der Waals surface area (Å²) in [6, 6.07) is 18.3. The number of carbonyl (C=O) groups excluding carboxylic acids is 5. The van der Waals surface area contributed by atoms with Crippen molar-refractivity contribution in [2.45, 2.75) is 51.0 Å². The van der Waals surface area contributed by atoms with Gasteiger partial charge in [0, 0.05) is 25.2 Å². The van der Waals surface area contributed by atoms with Gasteiger partial charge in [-0.05, 0) is 78.5 Å². The Balaban J connectivity index is 0.965. The predicted octanol–water partition coefficient (Wildman–Crippen LogP) is 3.82. The Hall–Kier alpha value is -4.53. The van der Waals surface area contributed by atoms with Crippen LogP contribution in [0.2, 0.25) is 0 Å². The summed E-state index contributed by atoms with van der Waals surface area (Å²) < 4.78 is 0. The van der Waals surface area contributed by atoms with Crippen LogP contribution < -0.4 is 16.0 Å². The van der Waals surface area contributed by atoms with Gasteiger partial charge in [-0.2, -0.15) is 0 Å². The molecule has 5 amide bonds. The molecule has 1 unspecified atom stereocenters. The molecule has 1 atom stereocenters. The smallest absolute Gasteiger partial charge is 0.262 e. The average molecular weight is 567 g/mol. The molecule has 1 saturated heterocycles. The number of anilines is 1. The Morgan fingerprint density at radius 2 is 1.52 bits per heavy atom. The zero-order valence-corrected chi connectivity index (χ0v) is 23.4. The fraction of sp³-hybridized carbons (Fsp3) is 0.364. The second-order valence-electron chi connectivity index (χ2n) is 11.6. The zero-order chi connectivity index (χ0) is 29.2. The molecule has 1 saturated carbocycles. The molecule has 0 spiro atoms. The second-order valence-corrected chi connectivity index (χ2v) is 11.6. The standard InChI is InChI=1S/C33H34N4O5/c38-29-15-14-28(31(40)36-29)37-32(41)26-13-12-24(17-27(26)33(37)42)34-18-20-8-10-21(11-9-20)19-35-30(39)16-23-6-3-5-22-4-1-2-7-25(22)23/h1-7,12-13,17,20-21,28,34H,8-11,14-16,18-19H2,(H,35,39)(H,36,38,40)/t20-,21-,28?. The van der Waals surface area contributed by atoms with Crippen LogP contribution in [-0.2, 0) is 20.8 Å². The Labute approximate surface area is 244 Å². The number of benzene rings is 3. The highest BCUT2D eigenvalue weighted by atomic mass is 16.2. The van der Waals surface area contributed by atoms with E-state index in [1.165, 1.54) is 0 Å². The van der Waals surface area contributed by atoms with E-state index in [1.54, 1.807) is 18.2 Å². The molecule has 0 radical (unpaired) electrons. The summed E-state index contributed by atoms with van der Waals surface area (Å²) >= 11 is 0. The van der Waals surface area contributed by atoms with Crippen molar-refractivity contribution >= 4 is 46.0 Å². The molecule has 216 valence electrons. The summed E-state index contributed by atoms with van der Waals surface area (Å²) in [4.78, 5) is 63.4. The fourth-order valence-corrected chi connectivity index (χ4v) is 6.42. The van der Waals surface area contributed by atoms with E-state index in [-0.39, 0.29) is 29.9 Å². The van der Waals surface area contributed by atoms with Crippen LogP contribution >= 0.6 is 0 Å². The molecule has 42 heavy (non-hydrogen) atoms. The maximum atomic E-state index is 13.1. The van der Waals surface area contributed by atoms with E-state index in [9.17, 15) is 24.0 Å². The van der Waals surface area contributed by atoms with Gasteiger partial charge >= 0.3 is 0 Å². The van der Waals surface area contributed by atoms with Gasteiger partial charge in [0.1, 0.15) is 6.04 Å². The van der Waals surface area contributed by atoms with Crippen LogP contribution in [0.15, 0.2) is 60.7 Å². The van der Waals surface area contributed by atoms with Crippen molar-refractivity contribution in [2.75, 3.05) is 18.4 Å². The number of hydrogen-bond acceptors (Lipinski definition) is 6. The highest BCUT2D eigenvalue weighted by Crippen LogP contribution is 2.31. The maximum absolute atomic E-state index is 13.1. The van der Waals surface area contributed by atoms with Crippen LogP contribution in [0.25, 0.3) is 10.8 Å². The lowest BCUT2D eigenvalue weighted by molar-refractivity contribution is -0.136. The topological polar surface area (TPSA) is 125 Å². The van der Waals surface area contributed by atoms with Crippen molar-refractivity contribution in [3.05, 3.63) is 77.4 Å². The van der Waals surface area contributed by atoms with Crippen molar-refractivity contribution in [2.24, 2.45) is 11.8 Å². The summed E-state index contributed by atoms with van der Waals surface area (Å²) in [5.74, 6) is -1.03. The Bertz CT molecular complexity index is 1570. The number of carbonyl (C=O) groups is 5. The Morgan fingerprint density at radius 3 is 2.31 bits per heavy atom. The van der Waals surface area contributed by atoms with Crippen molar-refractivity contribution < 1.29 is 24.0 Å². The SMILES string of the molecule is O=C(Cc1cccc2ccccc12)NC[C@H]1CC[C@H](CNc2ccc3c(c2)C(=O)N(C2CCC(=O)NC2=O)C3=O)CC1. The maximum Gasteiger partial charge on any atom is 0.262 e. The van der Waals surface area contributed by atoms with Crippen LogP contribution in [0.1, 0.15) is 64.8 Å². The molecule has 9 heteroatoms. The molecule has 2 fully saturated rings. The summed E-state index contributed by atoms with van der Waals surface area (Å²) in [7, 11) is 0. The fourth-order valence-electron chi connectivity index (χ4n) is 6.42. The second kappa shape index (κ2) is 11.8. The summed E-state index contributed by atoms with van der Waals surface area (Å²) in [6.45, 7) is 1.44. The molecule has 0 aromatic heterocycles. The minimum Gasteiger partial charge on any atom is -0.385 e. The molecular weight excluding hydrogens is 532 g/mol.